The van der Waals surface area contributed by atoms with Crippen molar-refractivity contribution in [2.45, 2.75) is 25.6 Å². The highest BCUT2D eigenvalue weighted by atomic mass is 19.1. The minimum Gasteiger partial charge on any atom is -0.490 e. The summed E-state index contributed by atoms with van der Waals surface area (Å²) < 4.78 is 31.6. The Labute approximate surface area is 162 Å². The van der Waals surface area contributed by atoms with Crippen molar-refractivity contribution < 1.29 is 18.3 Å². The standard InChI is InChI=1S/C22H19FN2O3/c1-2-26-20-9-4-8-16-18-13-17(19-10-5-11-27-19)24-25(18)22(28-21(16)20)14-6-3-7-15(23)12-14/h3-12,18,22H,2,13H2,1H3/t18-,22+/m0/s1. The second kappa shape index (κ2) is 6.71. The third-order valence-corrected chi connectivity index (χ3v) is 5.02. The van der Waals surface area contributed by atoms with Gasteiger partial charge < -0.3 is 13.9 Å². The van der Waals surface area contributed by atoms with Crippen molar-refractivity contribution in [2.75, 3.05) is 6.61 Å². The second-order valence-electron chi connectivity index (χ2n) is 6.76. The highest BCUT2D eigenvalue weighted by Gasteiger charge is 2.42. The van der Waals surface area contributed by atoms with Gasteiger partial charge >= 0.3 is 0 Å². The number of hydrogen-bond acceptors (Lipinski definition) is 5. The van der Waals surface area contributed by atoms with Crippen molar-refractivity contribution in [1.29, 1.82) is 0 Å². The first-order valence-electron chi connectivity index (χ1n) is 9.32. The van der Waals surface area contributed by atoms with Crippen LogP contribution < -0.4 is 9.47 Å². The monoisotopic (exact) mass is 378 g/mol. The van der Waals surface area contributed by atoms with Gasteiger partial charge in [-0.05, 0) is 37.3 Å². The van der Waals surface area contributed by atoms with E-state index in [4.69, 9.17) is 19.0 Å². The Balaban J connectivity index is 1.63. The van der Waals surface area contributed by atoms with Gasteiger partial charge in [0.25, 0.3) is 0 Å². The topological polar surface area (TPSA) is 47.2 Å². The van der Waals surface area contributed by atoms with E-state index in [-0.39, 0.29) is 11.9 Å². The van der Waals surface area contributed by atoms with Crippen molar-refractivity contribution >= 4 is 5.71 Å². The SMILES string of the molecule is CCOc1cccc2c1O[C@H](c1cccc(F)c1)N1N=C(c3ccco3)C[C@@H]21. The molecule has 2 aliphatic heterocycles. The Morgan fingerprint density at radius 2 is 2.07 bits per heavy atom. The molecule has 1 aromatic heterocycles. The number of benzene rings is 2. The van der Waals surface area contributed by atoms with Crippen molar-refractivity contribution in [3.63, 3.8) is 0 Å². The number of halogens is 1. The number of nitrogens with zero attached hydrogens (tertiary/aromatic N) is 2. The van der Waals surface area contributed by atoms with Gasteiger partial charge in [-0.1, -0.05) is 24.3 Å². The van der Waals surface area contributed by atoms with E-state index in [1.807, 2.05) is 48.3 Å². The Kier molecular flexibility index (Phi) is 4.04. The van der Waals surface area contributed by atoms with Gasteiger partial charge in [-0.3, -0.25) is 0 Å². The quantitative estimate of drug-likeness (QED) is 0.637. The number of rotatable bonds is 4. The molecule has 28 heavy (non-hydrogen) atoms. The Morgan fingerprint density at radius 3 is 2.86 bits per heavy atom. The van der Waals surface area contributed by atoms with E-state index >= 15 is 0 Å². The van der Waals surface area contributed by atoms with Gasteiger partial charge in [-0.2, -0.15) is 5.10 Å². The predicted molar refractivity (Wildman–Crippen MR) is 102 cm³/mol. The van der Waals surface area contributed by atoms with Crippen LogP contribution in [0.4, 0.5) is 4.39 Å². The molecule has 0 amide bonds. The number of hydrazone groups is 1. The maximum absolute atomic E-state index is 13.9. The van der Waals surface area contributed by atoms with E-state index in [1.165, 1.54) is 12.1 Å². The maximum atomic E-state index is 13.9. The summed E-state index contributed by atoms with van der Waals surface area (Å²) in [5.41, 5.74) is 2.55. The van der Waals surface area contributed by atoms with Crippen LogP contribution in [0.3, 0.4) is 0 Å². The zero-order chi connectivity index (χ0) is 19.1. The molecule has 0 N–H and O–H groups in total. The highest BCUT2D eigenvalue weighted by molar-refractivity contribution is 5.99. The third-order valence-electron chi connectivity index (χ3n) is 5.02. The van der Waals surface area contributed by atoms with E-state index in [0.29, 0.717) is 30.1 Å². The lowest BCUT2D eigenvalue weighted by Gasteiger charge is -2.38. The van der Waals surface area contributed by atoms with Crippen LogP contribution in [0.25, 0.3) is 0 Å². The maximum Gasteiger partial charge on any atom is 0.214 e. The highest BCUT2D eigenvalue weighted by Crippen LogP contribution is 2.50. The lowest BCUT2D eigenvalue weighted by atomic mass is 9.97. The predicted octanol–water partition coefficient (Wildman–Crippen LogP) is 5.06. The first kappa shape index (κ1) is 16.9. The Bertz CT molecular complexity index is 1030. The molecular weight excluding hydrogens is 359 g/mol. The van der Waals surface area contributed by atoms with E-state index < -0.39 is 6.23 Å². The van der Waals surface area contributed by atoms with Gasteiger partial charge in [0.05, 0.1) is 18.9 Å². The summed E-state index contributed by atoms with van der Waals surface area (Å²) in [7, 11) is 0. The van der Waals surface area contributed by atoms with Gasteiger partial charge in [-0.15, -0.1) is 0 Å². The summed E-state index contributed by atoms with van der Waals surface area (Å²) in [5, 5.41) is 6.68. The normalized spacial score (nSPS) is 20.2. The number of furan rings is 1. The molecule has 0 fully saturated rings. The summed E-state index contributed by atoms with van der Waals surface area (Å²) >= 11 is 0. The molecule has 5 rings (SSSR count). The van der Waals surface area contributed by atoms with Crippen LogP contribution in [0.5, 0.6) is 11.5 Å². The van der Waals surface area contributed by atoms with Gasteiger partial charge in [0.15, 0.2) is 11.5 Å². The zero-order valence-electron chi connectivity index (χ0n) is 15.3. The molecule has 0 radical (unpaired) electrons. The summed E-state index contributed by atoms with van der Waals surface area (Å²) in [4.78, 5) is 0. The van der Waals surface area contributed by atoms with E-state index in [2.05, 4.69) is 0 Å². The van der Waals surface area contributed by atoms with Crippen molar-refractivity contribution in [1.82, 2.24) is 5.01 Å². The molecule has 0 saturated carbocycles. The first-order valence-corrected chi connectivity index (χ1v) is 9.32. The molecule has 0 unspecified atom stereocenters. The summed E-state index contributed by atoms with van der Waals surface area (Å²) in [5.74, 6) is 1.80. The molecule has 2 atom stereocenters. The number of para-hydroxylation sites is 1. The smallest absolute Gasteiger partial charge is 0.214 e. The first-order chi connectivity index (χ1) is 13.7. The molecule has 3 aromatic rings. The fourth-order valence-corrected chi connectivity index (χ4v) is 3.82. The van der Waals surface area contributed by atoms with Crippen LogP contribution in [-0.2, 0) is 0 Å². The molecule has 6 heteroatoms. The van der Waals surface area contributed by atoms with Crippen LogP contribution in [0.1, 0.15) is 42.5 Å². The van der Waals surface area contributed by atoms with Crippen LogP contribution in [-0.4, -0.2) is 17.3 Å². The fraction of sp³-hybridized carbons (Fsp3) is 0.227. The molecule has 0 bridgehead atoms. The van der Waals surface area contributed by atoms with Gasteiger partial charge in [0.1, 0.15) is 17.3 Å². The molecule has 142 valence electrons. The molecule has 0 aliphatic carbocycles. The third kappa shape index (κ3) is 2.72. The van der Waals surface area contributed by atoms with Gasteiger partial charge in [0, 0.05) is 17.5 Å². The summed E-state index contributed by atoms with van der Waals surface area (Å²) in [6.07, 6.45) is 1.75. The average Bonchev–Trinajstić information content (AvgIpc) is 3.38. The second-order valence-corrected chi connectivity index (χ2v) is 6.76. The number of ether oxygens (including phenoxy) is 2. The largest absolute Gasteiger partial charge is 0.490 e. The molecule has 3 heterocycles. The van der Waals surface area contributed by atoms with Crippen LogP contribution in [0, 0.1) is 5.82 Å². The average molecular weight is 378 g/mol. The molecule has 0 saturated heterocycles. The Morgan fingerprint density at radius 1 is 1.18 bits per heavy atom. The van der Waals surface area contributed by atoms with E-state index in [1.54, 1.807) is 12.3 Å². The molecule has 2 aliphatic rings. The molecule has 5 nitrogen and oxygen atoms in total. The molecule has 2 aromatic carbocycles. The fourth-order valence-electron chi connectivity index (χ4n) is 3.82. The lowest BCUT2D eigenvalue weighted by Crippen LogP contribution is -2.34. The minimum absolute atomic E-state index is 0.0440. The Hall–Kier alpha value is -3.28. The van der Waals surface area contributed by atoms with Gasteiger partial charge in [0.2, 0.25) is 6.23 Å². The lowest BCUT2D eigenvalue weighted by molar-refractivity contribution is -0.0214. The van der Waals surface area contributed by atoms with E-state index in [0.717, 1.165) is 17.0 Å². The number of hydrogen-bond donors (Lipinski definition) is 0. The summed E-state index contributed by atoms with van der Waals surface area (Å²) in [6.45, 7) is 2.47. The van der Waals surface area contributed by atoms with Crippen molar-refractivity contribution in [2.24, 2.45) is 5.10 Å². The minimum atomic E-state index is -0.553. The number of fused-ring (bicyclic) bond motifs is 3. The molecular formula is C22H19FN2O3. The van der Waals surface area contributed by atoms with Crippen LogP contribution in [0.2, 0.25) is 0 Å². The van der Waals surface area contributed by atoms with E-state index in [9.17, 15) is 4.39 Å². The van der Waals surface area contributed by atoms with Crippen LogP contribution >= 0.6 is 0 Å². The molecule has 0 spiro atoms. The van der Waals surface area contributed by atoms with Crippen molar-refractivity contribution in [3.05, 3.63) is 83.6 Å². The van der Waals surface area contributed by atoms with Gasteiger partial charge in [-0.25, -0.2) is 9.40 Å². The zero-order valence-corrected chi connectivity index (χ0v) is 15.3. The van der Waals surface area contributed by atoms with Crippen molar-refractivity contribution in [3.8, 4) is 11.5 Å². The van der Waals surface area contributed by atoms with Crippen LogP contribution in [0.15, 0.2) is 70.4 Å². The summed E-state index contributed by atoms with van der Waals surface area (Å²) in [6, 6.07) is 16.0.